The minimum absolute atomic E-state index is 0.163. The molecule has 0 atom stereocenters. The number of carbonyl (C=O) groups is 1. The molecule has 0 aliphatic heterocycles. The molecule has 0 spiro atoms. The lowest BCUT2D eigenvalue weighted by Gasteiger charge is -2.04. The van der Waals surface area contributed by atoms with Crippen LogP contribution in [-0.2, 0) is 6.18 Å². The van der Waals surface area contributed by atoms with Crippen molar-refractivity contribution in [3.63, 3.8) is 0 Å². The molecule has 1 aromatic carbocycles. The van der Waals surface area contributed by atoms with Gasteiger partial charge in [0.15, 0.2) is 5.69 Å². The zero-order valence-electron chi connectivity index (χ0n) is 10.1. The number of aromatic carboxylic acids is 1. The second-order valence-electron chi connectivity index (χ2n) is 4.13. The molecule has 2 heterocycles. The van der Waals surface area contributed by atoms with Crippen LogP contribution in [0, 0.1) is 0 Å². The summed E-state index contributed by atoms with van der Waals surface area (Å²) in [5.41, 5.74) is -0.673. The fourth-order valence-electron chi connectivity index (χ4n) is 1.83. The molecule has 2 N–H and O–H groups in total. The van der Waals surface area contributed by atoms with Crippen molar-refractivity contribution in [2.24, 2.45) is 0 Å². The number of nitrogens with one attached hydrogen (secondary N) is 1. The molecule has 0 bridgehead atoms. The Morgan fingerprint density at radius 2 is 2.10 bits per heavy atom. The van der Waals surface area contributed by atoms with E-state index in [1.54, 1.807) is 0 Å². The molecule has 108 valence electrons. The fraction of sp³-hybridized carbons (Fsp3) is 0.0833. The molecule has 3 aromatic rings. The molecule has 0 amide bonds. The number of alkyl halides is 3. The number of nitrogens with zero attached hydrogens (tertiary/aromatic N) is 2. The molecule has 5 nitrogen and oxygen atoms in total. The fourth-order valence-corrected chi connectivity index (χ4v) is 2.79. The van der Waals surface area contributed by atoms with Crippen molar-refractivity contribution < 1.29 is 23.1 Å². The molecular weight excluding hydrogens is 307 g/mol. The van der Waals surface area contributed by atoms with Gasteiger partial charge in [-0.25, -0.2) is 14.8 Å². The number of hydrogen-bond acceptors (Lipinski definition) is 4. The first-order valence-corrected chi connectivity index (χ1v) is 6.43. The van der Waals surface area contributed by atoms with Crippen LogP contribution in [0.25, 0.3) is 20.9 Å². The number of H-pyrrole nitrogens is 1. The van der Waals surface area contributed by atoms with E-state index in [0.29, 0.717) is 4.70 Å². The standard InChI is InChI=1S/C12H6F3N3O2S/c13-12(14,15)5-1-2-7-6(3-5)18-10(21-7)8-9(11(19)20)17-4-16-8/h1-4H,(H,16,17)(H,19,20). The number of thiazole rings is 1. The van der Waals surface area contributed by atoms with Crippen LogP contribution in [0.5, 0.6) is 0 Å². The van der Waals surface area contributed by atoms with Gasteiger partial charge in [0, 0.05) is 0 Å². The average Bonchev–Trinajstić information content (AvgIpc) is 3.02. The van der Waals surface area contributed by atoms with E-state index in [-0.39, 0.29) is 21.9 Å². The number of fused-ring (bicyclic) bond motifs is 1. The first-order chi connectivity index (χ1) is 9.86. The number of halogens is 3. The van der Waals surface area contributed by atoms with Crippen molar-refractivity contribution in [2.75, 3.05) is 0 Å². The number of aromatic nitrogens is 3. The number of hydrogen-bond donors (Lipinski definition) is 2. The summed E-state index contributed by atoms with van der Waals surface area (Å²) in [6, 6.07) is 3.22. The van der Waals surface area contributed by atoms with Gasteiger partial charge < -0.3 is 10.1 Å². The monoisotopic (exact) mass is 313 g/mol. The number of aromatic amines is 1. The predicted octanol–water partition coefficient (Wildman–Crippen LogP) is 3.40. The number of imidazole rings is 1. The number of carboxylic acid groups (broad SMARTS) is 1. The van der Waals surface area contributed by atoms with E-state index in [1.807, 2.05) is 0 Å². The Morgan fingerprint density at radius 1 is 1.33 bits per heavy atom. The zero-order valence-corrected chi connectivity index (χ0v) is 10.9. The third-order valence-electron chi connectivity index (χ3n) is 2.77. The summed E-state index contributed by atoms with van der Waals surface area (Å²) in [5.74, 6) is -1.23. The van der Waals surface area contributed by atoms with Crippen LogP contribution in [0.1, 0.15) is 16.1 Å². The molecule has 0 aliphatic rings. The van der Waals surface area contributed by atoms with Gasteiger partial charge in [0.2, 0.25) is 0 Å². The van der Waals surface area contributed by atoms with E-state index in [1.165, 1.54) is 12.4 Å². The van der Waals surface area contributed by atoms with E-state index in [2.05, 4.69) is 15.0 Å². The van der Waals surface area contributed by atoms with E-state index in [0.717, 1.165) is 23.5 Å². The van der Waals surface area contributed by atoms with Crippen LogP contribution >= 0.6 is 11.3 Å². The maximum Gasteiger partial charge on any atom is 0.416 e. The lowest BCUT2D eigenvalue weighted by atomic mass is 10.2. The molecule has 0 radical (unpaired) electrons. The Hall–Kier alpha value is -2.42. The summed E-state index contributed by atoms with van der Waals surface area (Å²) in [4.78, 5) is 21.4. The van der Waals surface area contributed by atoms with Crippen molar-refractivity contribution in [3.05, 3.63) is 35.8 Å². The second kappa shape index (κ2) is 4.55. The van der Waals surface area contributed by atoms with Crippen LogP contribution in [0.2, 0.25) is 0 Å². The molecule has 0 unspecified atom stereocenters. The van der Waals surface area contributed by atoms with Crippen LogP contribution < -0.4 is 0 Å². The Bertz CT molecular complexity index is 838. The summed E-state index contributed by atoms with van der Waals surface area (Å²) in [5, 5.41) is 9.26. The molecule has 0 saturated heterocycles. The third kappa shape index (κ3) is 2.35. The smallest absolute Gasteiger partial charge is 0.416 e. The Kier molecular flexibility index (Phi) is 2.94. The maximum absolute atomic E-state index is 12.6. The predicted molar refractivity (Wildman–Crippen MR) is 69.2 cm³/mol. The van der Waals surface area contributed by atoms with Gasteiger partial charge in [0.25, 0.3) is 0 Å². The minimum Gasteiger partial charge on any atom is -0.476 e. The highest BCUT2D eigenvalue weighted by Crippen LogP contribution is 2.35. The number of rotatable bonds is 2. The van der Waals surface area contributed by atoms with E-state index in [9.17, 15) is 18.0 Å². The highest BCUT2D eigenvalue weighted by Gasteiger charge is 2.31. The summed E-state index contributed by atoms with van der Waals surface area (Å²) in [6.45, 7) is 0. The van der Waals surface area contributed by atoms with Gasteiger partial charge in [0.05, 0.1) is 22.1 Å². The topological polar surface area (TPSA) is 78.9 Å². The Labute approximate surface area is 119 Å². The number of benzene rings is 1. The van der Waals surface area contributed by atoms with E-state index >= 15 is 0 Å². The van der Waals surface area contributed by atoms with Crippen LogP contribution in [0.3, 0.4) is 0 Å². The van der Waals surface area contributed by atoms with Gasteiger partial charge in [-0.2, -0.15) is 13.2 Å². The molecular formula is C12H6F3N3O2S. The van der Waals surface area contributed by atoms with E-state index in [4.69, 9.17) is 5.11 Å². The quantitative estimate of drug-likeness (QED) is 0.760. The molecule has 0 saturated carbocycles. The van der Waals surface area contributed by atoms with Crippen LogP contribution in [0.4, 0.5) is 13.2 Å². The van der Waals surface area contributed by atoms with Crippen molar-refractivity contribution >= 4 is 27.5 Å². The molecule has 9 heteroatoms. The molecule has 3 rings (SSSR count). The second-order valence-corrected chi connectivity index (χ2v) is 5.16. The Balaban J connectivity index is 2.13. The van der Waals surface area contributed by atoms with Crippen molar-refractivity contribution in [1.29, 1.82) is 0 Å². The summed E-state index contributed by atoms with van der Waals surface area (Å²) < 4.78 is 38.5. The zero-order chi connectivity index (χ0) is 15.2. The SMILES string of the molecule is O=C(O)c1nc[nH]c1-c1nc2cc(C(F)(F)F)ccc2s1. The van der Waals surface area contributed by atoms with Gasteiger partial charge in [-0.3, -0.25) is 0 Å². The lowest BCUT2D eigenvalue weighted by molar-refractivity contribution is -0.137. The average molecular weight is 313 g/mol. The third-order valence-corrected chi connectivity index (χ3v) is 3.82. The Morgan fingerprint density at radius 3 is 2.76 bits per heavy atom. The summed E-state index contributed by atoms with van der Waals surface area (Å²) in [6.07, 6.45) is -3.25. The molecule has 0 aliphatic carbocycles. The first kappa shape index (κ1) is 13.6. The summed E-state index contributed by atoms with van der Waals surface area (Å²) >= 11 is 1.09. The van der Waals surface area contributed by atoms with Gasteiger partial charge in [-0.15, -0.1) is 11.3 Å². The first-order valence-electron chi connectivity index (χ1n) is 5.61. The van der Waals surface area contributed by atoms with Crippen molar-refractivity contribution in [1.82, 2.24) is 15.0 Å². The van der Waals surface area contributed by atoms with Gasteiger partial charge >= 0.3 is 12.1 Å². The molecule has 21 heavy (non-hydrogen) atoms. The maximum atomic E-state index is 12.6. The molecule has 0 fully saturated rings. The normalized spacial score (nSPS) is 12.0. The summed E-state index contributed by atoms with van der Waals surface area (Å²) in [7, 11) is 0. The minimum atomic E-state index is -4.45. The number of carboxylic acids is 1. The van der Waals surface area contributed by atoms with Crippen LogP contribution in [-0.4, -0.2) is 26.0 Å². The van der Waals surface area contributed by atoms with Gasteiger partial charge in [0.1, 0.15) is 10.7 Å². The highest BCUT2D eigenvalue weighted by molar-refractivity contribution is 7.21. The highest BCUT2D eigenvalue weighted by atomic mass is 32.1. The van der Waals surface area contributed by atoms with Crippen LogP contribution in [0.15, 0.2) is 24.5 Å². The lowest BCUT2D eigenvalue weighted by Crippen LogP contribution is -2.03. The van der Waals surface area contributed by atoms with E-state index < -0.39 is 17.7 Å². The van der Waals surface area contributed by atoms with Gasteiger partial charge in [-0.05, 0) is 18.2 Å². The van der Waals surface area contributed by atoms with Gasteiger partial charge in [-0.1, -0.05) is 0 Å². The van der Waals surface area contributed by atoms with Crippen molar-refractivity contribution in [3.8, 4) is 10.7 Å². The van der Waals surface area contributed by atoms with Crippen molar-refractivity contribution in [2.45, 2.75) is 6.18 Å². The molecule has 2 aromatic heterocycles. The largest absolute Gasteiger partial charge is 0.476 e.